The minimum atomic E-state index is -0.226. The summed E-state index contributed by atoms with van der Waals surface area (Å²) >= 11 is 1.58. The van der Waals surface area contributed by atoms with Gasteiger partial charge in [0.2, 0.25) is 0 Å². The van der Waals surface area contributed by atoms with Crippen molar-refractivity contribution in [3.8, 4) is 0 Å². The van der Waals surface area contributed by atoms with E-state index in [-0.39, 0.29) is 23.2 Å². The Kier molecular flexibility index (Phi) is 6.36. The van der Waals surface area contributed by atoms with E-state index >= 15 is 0 Å². The second-order valence-electron chi connectivity index (χ2n) is 5.66. The molecule has 0 N–H and O–H groups in total. The van der Waals surface area contributed by atoms with Crippen LogP contribution in [-0.2, 0) is 14.4 Å². The van der Waals surface area contributed by atoms with Gasteiger partial charge in [0, 0.05) is 0 Å². The number of imide groups is 1. The summed E-state index contributed by atoms with van der Waals surface area (Å²) in [4.78, 5) is 29.9. The molecule has 1 unspecified atom stereocenters. The highest BCUT2D eigenvalue weighted by molar-refractivity contribution is 8.00. The van der Waals surface area contributed by atoms with E-state index in [0.717, 1.165) is 42.9 Å². The molecular formula is C15H25NO3S. The topological polar surface area (TPSA) is 46.6 Å². The number of hydrogen-bond donors (Lipinski definition) is 0. The van der Waals surface area contributed by atoms with Gasteiger partial charge in [0.1, 0.15) is 0 Å². The lowest BCUT2D eigenvalue weighted by Crippen LogP contribution is -2.36. The van der Waals surface area contributed by atoms with Gasteiger partial charge in [0.25, 0.3) is 11.8 Å². The quantitative estimate of drug-likeness (QED) is 0.731. The van der Waals surface area contributed by atoms with Crippen molar-refractivity contribution < 1.29 is 14.4 Å². The van der Waals surface area contributed by atoms with Crippen LogP contribution in [0.2, 0.25) is 0 Å². The molecule has 2 fully saturated rings. The molecule has 1 saturated heterocycles. The number of rotatable bonds is 5. The standard InChI is InChI=1S/C15H25NO3S/c1-2-10-20-13-11-14(17)16(15(13)18)19-12-8-6-4-3-5-7-9-12/h12-13H,2-11H2,1H3. The van der Waals surface area contributed by atoms with E-state index in [1.807, 2.05) is 0 Å². The maximum Gasteiger partial charge on any atom is 0.267 e. The summed E-state index contributed by atoms with van der Waals surface area (Å²) in [6.07, 6.45) is 9.32. The van der Waals surface area contributed by atoms with Gasteiger partial charge in [-0.1, -0.05) is 39.0 Å². The van der Waals surface area contributed by atoms with Crippen molar-refractivity contribution in [1.82, 2.24) is 5.06 Å². The van der Waals surface area contributed by atoms with Crippen molar-refractivity contribution in [3.63, 3.8) is 0 Å². The van der Waals surface area contributed by atoms with Crippen LogP contribution in [0.15, 0.2) is 0 Å². The van der Waals surface area contributed by atoms with E-state index in [1.54, 1.807) is 11.8 Å². The van der Waals surface area contributed by atoms with Gasteiger partial charge in [0.05, 0.1) is 17.8 Å². The van der Waals surface area contributed by atoms with Gasteiger partial charge in [-0.25, -0.2) is 0 Å². The zero-order valence-electron chi connectivity index (χ0n) is 12.3. The van der Waals surface area contributed by atoms with Gasteiger partial charge in [-0.15, -0.1) is 11.8 Å². The number of carbonyl (C=O) groups excluding carboxylic acids is 2. The third kappa shape index (κ3) is 4.22. The Balaban J connectivity index is 1.87. The molecule has 114 valence electrons. The second-order valence-corrected chi connectivity index (χ2v) is 6.97. The number of hydroxylamine groups is 2. The third-order valence-electron chi connectivity index (χ3n) is 3.89. The number of nitrogens with zero attached hydrogens (tertiary/aromatic N) is 1. The average Bonchev–Trinajstić information content (AvgIpc) is 2.66. The first-order valence-electron chi connectivity index (χ1n) is 7.87. The molecule has 1 aliphatic carbocycles. The van der Waals surface area contributed by atoms with E-state index in [0.29, 0.717) is 6.42 Å². The lowest BCUT2D eigenvalue weighted by atomic mass is 9.99. The number of carbonyl (C=O) groups is 2. The van der Waals surface area contributed by atoms with Crippen LogP contribution in [0, 0.1) is 0 Å². The largest absolute Gasteiger partial charge is 0.272 e. The first-order valence-corrected chi connectivity index (χ1v) is 8.92. The first-order chi connectivity index (χ1) is 9.72. The molecule has 0 aromatic rings. The average molecular weight is 299 g/mol. The fourth-order valence-electron chi connectivity index (χ4n) is 2.76. The van der Waals surface area contributed by atoms with Crippen LogP contribution in [0.1, 0.15) is 64.7 Å². The summed E-state index contributed by atoms with van der Waals surface area (Å²) in [7, 11) is 0. The summed E-state index contributed by atoms with van der Waals surface area (Å²) in [6.45, 7) is 2.08. The highest BCUT2D eigenvalue weighted by Crippen LogP contribution is 2.28. The van der Waals surface area contributed by atoms with E-state index in [2.05, 4.69) is 6.92 Å². The highest BCUT2D eigenvalue weighted by Gasteiger charge is 2.41. The number of hydrogen-bond acceptors (Lipinski definition) is 4. The summed E-state index contributed by atoms with van der Waals surface area (Å²) < 4.78 is 0. The molecule has 1 atom stereocenters. The molecule has 1 heterocycles. The molecular weight excluding hydrogens is 274 g/mol. The normalized spacial score (nSPS) is 25.9. The van der Waals surface area contributed by atoms with Crippen molar-refractivity contribution in [1.29, 1.82) is 0 Å². The van der Waals surface area contributed by atoms with Crippen LogP contribution in [0.3, 0.4) is 0 Å². The highest BCUT2D eigenvalue weighted by atomic mass is 32.2. The zero-order chi connectivity index (χ0) is 14.4. The molecule has 0 aromatic carbocycles. The summed E-state index contributed by atoms with van der Waals surface area (Å²) in [5, 5.41) is 0.843. The van der Waals surface area contributed by atoms with Gasteiger partial charge >= 0.3 is 0 Å². The Hall–Kier alpha value is -0.550. The van der Waals surface area contributed by atoms with Crippen LogP contribution < -0.4 is 0 Å². The predicted molar refractivity (Wildman–Crippen MR) is 80.2 cm³/mol. The van der Waals surface area contributed by atoms with Gasteiger partial charge < -0.3 is 0 Å². The molecule has 0 aromatic heterocycles. The maximum atomic E-state index is 12.2. The molecule has 0 bridgehead atoms. The van der Waals surface area contributed by atoms with Crippen LogP contribution >= 0.6 is 11.8 Å². The van der Waals surface area contributed by atoms with Crippen LogP contribution in [0.4, 0.5) is 0 Å². The van der Waals surface area contributed by atoms with E-state index in [1.165, 1.54) is 19.3 Å². The van der Waals surface area contributed by atoms with Crippen LogP contribution in [0.25, 0.3) is 0 Å². The minimum absolute atomic E-state index is 0.0399. The molecule has 1 aliphatic heterocycles. The Bertz CT molecular complexity index is 340. The Morgan fingerprint density at radius 1 is 1.15 bits per heavy atom. The van der Waals surface area contributed by atoms with Gasteiger partial charge in [-0.3, -0.25) is 14.4 Å². The Labute approximate surface area is 125 Å². The van der Waals surface area contributed by atoms with E-state index in [9.17, 15) is 9.59 Å². The summed E-state index contributed by atoms with van der Waals surface area (Å²) in [6, 6.07) is 0. The first kappa shape index (κ1) is 15.8. The van der Waals surface area contributed by atoms with Gasteiger partial charge in [-0.05, 0) is 25.0 Å². The molecule has 20 heavy (non-hydrogen) atoms. The van der Waals surface area contributed by atoms with Crippen LogP contribution in [-0.4, -0.2) is 34.0 Å². The van der Waals surface area contributed by atoms with Gasteiger partial charge in [0.15, 0.2) is 0 Å². The maximum absolute atomic E-state index is 12.2. The lowest BCUT2D eigenvalue weighted by molar-refractivity contribution is -0.204. The smallest absolute Gasteiger partial charge is 0.267 e. The molecule has 2 aliphatic rings. The Morgan fingerprint density at radius 3 is 2.45 bits per heavy atom. The second kappa shape index (κ2) is 8.03. The van der Waals surface area contributed by atoms with E-state index < -0.39 is 0 Å². The van der Waals surface area contributed by atoms with Crippen molar-refractivity contribution in [2.75, 3.05) is 5.75 Å². The van der Waals surface area contributed by atoms with Gasteiger partial charge in [-0.2, -0.15) is 5.06 Å². The fourth-order valence-corrected chi connectivity index (χ4v) is 3.78. The molecule has 2 rings (SSSR count). The minimum Gasteiger partial charge on any atom is -0.272 e. The lowest BCUT2D eigenvalue weighted by Gasteiger charge is -2.24. The third-order valence-corrected chi connectivity index (χ3v) is 5.31. The van der Waals surface area contributed by atoms with E-state index in [4.69, 9.17) is 4.84 Å². The van der Waals surface area contributed by atoms with Crippen LogP contribution in [0.5, 0.6) is 0 Å². The van der Waals surface area contributed by atoms with Crippen molar-refractivity contribution in [2.45, 2.75) is 76.1 Å². The van der Waals surface area contributed by atoms with Crippen molar-refractivity contribution in [2.24, 2.45) is 0 Å². The Morgan fingerprint density at radius 2 is 1.80 bits per heavy atom. The predicted octanol–water partition coefficient (Wildman–Crippen LogP) is 3.30. The molecule has 5 heteroatoms. The van der Waals surface area contributed by atoms with Crippen molar-refractivity contribution >= 4 is 23.6 Å². The molecule has 2 amide bonds. The SMILES string of the molecule is CCCSC1CC(=O)N(OC2CCCCCCC2)C1=O. The molecule has 4 nitrogen and oxygen atoms in total. The van der Waals surface area contributed by atoms with Crippen molar-refractivity contribution in [3.05, 3.63) is 0 Å². The zero-order valence-corrected chi connectivity index (χ0v) is 13.1. The molecule has 0 spiro atoms. The fraction of sp³-hybridized carbons (Fsp3) is 0.867. The summed E-state index contributed by atoms with van der Waals surface area (Å²) in [5.74, 6) is 0.613. The summed E-state index contributed by atoms with van der Waals surface area (Å²) in [5.41, 5.74) is 0. The number of amides is 2. The molecule has 1 saturated carbocycles. The molecule has 0 radical (unpaired) electrons. The monoisotopic (exact) mass is 299 g/mol. The number of thioether (sulfide) groups is 1.